The van der Waals surface area contributed by atoms with E-state index >= 15 is 0 Å². The van der Waals surface area contributed by atoms with Crippen LogP contribution in [-0.2, 0) is 33.7 Å². The zero-order chi connectivity index (χ0) is 42.9. The second-order valence-corrected chi connectivity index (χ2v) is 18.5. The SMILES string of the molecule is COC(=O)N[C@H](C(=O)N[C@@H](Cc1ccc(-c2ccccn2)cc1)[C@@H](O)C[C@H](Cc1ccccc1)NC(=O)[C@@H](N1CCN(Cc2csc(C)n2)C1=O)C(C)(C)C)C(C)(C)C. The van der Waals surface area contributed by atoms with Gasteiger partial charge in [0.05, 0.1) is 42.2 Å². The van der Waals surface area contributed by atoms with Gasteiger partial charge in [0.15, 0.2) is 0 Å². The molecule has 5 rings (SSSR count). The first-order valence-electron chi connectivity index (χ1n) is 20.1. The Morgan fingerprint density at radius 1 is 0.847 bits per heavy atom. The van der Waals surface area contributed by atoms with Crippen LogP contribution in [0.5, 0.6) is 0 Å². The fraction of sp³-hybridized carbons (Fsp3) is 0.467. The number of carbonyl (C=O) groups excluding carboxylic acids is 4. The maximum absolute atomic E-state index is 14.5. The third-order valence-electron chi connectivity index (χ3n) is 10.5. The lowest BCUT2D eigenvalue weighted by atomic mass is 9.84. The highest BCUT2D eigenvalue weighted by molar-refractivity contribution is 7.09. The van der Waals surface area contributed by atoms with Crippen molar-refractivity contribution >= 4 is 35.3 Å². The number of carbonyl (C=O) groups is 4. The zero-order valence-corrected chi connectivity index (χ0v) is 36.2. The number of aryl methyl sites for hydroxylation is 1. The van der Waals surface area contributed by atoms with Crippen molar-refractivity contribution in [3.63, 3.8) is 0 Å². The Morgan fingerprint density at radius 2 is 1.53 bits per heavy atom. The Balaban J connectivity index is 1.41. The van der Waals surface area contributed by atoms with Gasteiger partial charge in [-0.3, -0.25) is 14.6 Å². The van der Waals surface area contributed by atoms with E-state index in [4.69, 9.17) is 4.74 Å². The number of benzene rings is 2. The predicted molar refractivity (Wildman–Crippen MR) is 229 cm³/mol. The van der Waals surface area contributed by atoms with Crippen LogP contribution in [0.25, 0.3) is 11.3 Å². The Bertz CT molecular complexity index is 2010. The summed E-state index contributed by atoms with van der Waals surface area (Å²) in [4.78, 5) is 67.2. The van der Waals surface area contributed by atoms with E-state index in [1.165, 1.54) is 18.4 Å². The van der Waals surface area contributed by atoms with Crippen molar-refractivity contribution in [1.82, 2.24) is 35.7 Å². The molecule has 1 aliphatic rings. The molecule has 1 saturated heterocycles. The lowest BCUT2D eigenvalue weighted by molar-refractivity contribution is -0.130. The molecule has 1 aliphatic heterocycles. The molecule has 5 atom stereocenters. The molecule has 0 unspecified atom stereocenters. The molecule has 1 fully saturated rings. The van der Waals surface area contributed by atoms with E-state index in [-0.39, 0.29) is 24.8 Å². The smallest absolute Gasteiger partial charge is 0.407 e. The van der Waals surface area contributed by atoms with Crippen LogP contribution in [0.15, 0.2) is 84.4 Å². The van der Waals surface area contributed by atoms with Crippen LogP contribution in [0.4, 0.5) is 9.59 Å². The molecular weight excluding hydrogens is 767 g/mol. The number of alkyl carbamates (subject to hydrolysis) is 1. The van der Waals surface area contributed by atoms with Gasteiger partial charge in [-0.15, -0.1) is 11.3 Å². The third-order valence-corrected chi connectivity index (χ3v) is 11.3. The van der Waals surface area contributed by atoms with Crippen molar-refractivity contribution in [2.45, 2.75) is 105 Å². The highest BCUT2D eigenvalue weighted by Crippen LogP contribution is 2.30. The Hall–Kier alpha value is -5.34. The van der Waals surface area contributed by atoms with E-state index in [9.17, 15) is 24.3 Å². The van der Waals surface area contributed by atoms with Crippen molar-refractivity contribution in [3.05, 3.63) is 106 Å². The standard InChI is InChI=1S/C45H59N7O6S/c1-29-47-34(28-59-29)27-51-22-23-52(43(51)57)39(45(5,6)7)41(55)48-33(24-30-14-10-9-11-15-30)26-37(53)36(49-40(54)38(44(2,3)4)50-42(56)58-8)25-31-17-19-32(20-18-31)35-16-12-13-21-46-35/h9-21,28,33,36-39,53H,22-27H2,1-8H3,(H,48,55)(H,49,54)(H,50,56)/t33-,36-,37-,38+,39+/m0/s1. The molecule has 0 spiro atoms. The monoisotopic (exact) mass is 825 g/mol. The highest BCUT2D eigenvalue weighted by Gasteiger charge is 2.44. The van der Waals surface area contributed by atoms with Crippen molar-refractivity contribution in [1.29, 1.82) is 0 Å². The van der Waals surface area contributed by atoms with Crippen LogP contribution in [0, 0.1) is 17.8 Å². The first-order valence-corrected chi connectivity index (χ1v) is 20.9. The molecule has 0 aliphatic carbocycles. The Kier molecular flexibility index (Phi) is 14.9. The lowest BCUT2D eigenvalue weighted by Gasteiger charge is -2.38. The molecular formula is C45H59N7O6S. The molecule has 4 N–H and O–H groups in total. The molecule has 59 heavy (non-hydrogen) atoms. The van der Waals surface area contributed by atoms with Crippen LogP contribution in [0.1, 0.15) is 69.8 Å². The number of rotatable bonds is 16. The number of aliphatic hydroxyl groups excluding tert-OH is 1. The number of aliphatic hydroxyl groups is 1. The number of aromatic nitrogens is 2. The molecule has 13 nitrogen and oxygen atoms in total. The summed E-state index contributed by atoms with van der Waals surface area (Å²) in [6, 6.07) is 19.7. The fourth-order valence-electron chi connectivity index (χ4n) is 7.49. The molecule has 316 valence electrons. The van der Waals surface area contributed by atoms with Gasteiger partial charge in [0.1, 0.15) is 12.1 Å². The minimum atomic E-state index is -1.15. The van der Waals surface area contributed by atoms with E-state index in [0.29, 0.717) is 26.1 Å². The van der Waals surface area contributed by atoms with Crippen LogP contribution < -0.4 is 16.0 Å². The molecule has 0 bridgehead atoms. The van der Waals surface area contributed by atoms with Gasteiger partial charge in [-0.2, -0.15) is 0 Å². The zero-order valence-electron chi connectivity index (χ0n) is 35.4. The molecule has 2 aromatic heterocycles. The number of hydrogen-bond donors (Lipinski definition) is 4. The van der Waals surface area contributed by atoms with E-state index in [0.717, 1.165) is 33.1 Å². The van der Waals surface area contributed by atoms with Gasteiger partial charge in [-0.05, 0) is 60.3 Å². The van der Waals surface area contributed by atoms with Gasteiger partial charge in [0.25, 0.3) is 0 Å². The summed E-state index contributed by atoms with van der Waals surface area (Å²) in [6.07, 6.45) is 0.535. The summed E-state index contributed by atoms with van der Waals surface area (Å²) in [6.45, 7) is 14.5. The number of nitrogens with one attached hydrogen (secondary N) is 3. The first kappa shape index (κ1) is 44.8. The lowest BCUT2D eigenvalue weighted by Crippen LogP contribution is -2.59. The van der Waals surface area contributed by atoms with Gasteiger partial charge < -0.3 is 35.6 Å². The maximum Gasteiger partial charge on any atom is 0.407 e. The highest BCUT2D eigenvalue weighted by atomic mass is 32.1. The second kappa shape index (κ2) is 19.6. The van der Waals surface area contributed by atoms with Crippen LogP contribution in [0.2, 0.25) is 0 Å². The number of ether oxygens (including phenoxy) is 1. The minimum Gasteiger partial charge on any atom is -0.453 e. The van der Waals surface area contributed by atoms with Crippen LogP contribution in [-0.4, -0.2) is 99.3 Å². The van der Waals surface area contributed by atoms with Crippen molar-refractivity contribution < 1.29 is 29.0 Å². The Morgan fingerprint density at radius 3 is 2.12 bits per heavy atom. The number of pyridine rings is 1. The number of hydrogen-bond acceptors (Lipinski definition) is 9. The molecule has 4 aromatic rings. The molecule has 0 saturated carbocycles. The summed E-state index contributed by atoms with van der Waals surface area (Å²) in [5.74, 6) is -0.815. The summed E-state index contributed by atoms with van der Waals surface area (Å²) in [5.41, 5.74) is 3.01. The summed E-state index contributed by atoms with van der Waals surface area (Å²) >= 11 is 1.53. The van der Waals surface area contributed by atoms with Gasteiger partial charge in [-0.1, -0.05) is 102 Å². The van der Waals surface area contributed by atoms with Gasteiger partial charge in [-0.25, -0.2) is 14.6 Å². The Labute approximate surface area is 352 Å². The topological polar surface area (TPSA) is 166 Å². The molecule has 3 heterocycles. The number of nitrogens with zero attached hydrogens (tertiary/aromatic N) is 4. The van der Waals surface area contributed by atoms with E-state index in [1.54, 1.807) is 16.0 Å². The summed E-state index contributed by atoms with van der Waals surface area (Å²) in [5, 5.41) is 24.0. The summed E-state index contributed by atoms with van der Waals surface area (Å²) in [7, 11) is 1.23. The van der Waals surface area contributed by atoms with Crippen LogP contribution >= 0.6 is 11.3 Å². The van der Waals surface area contributed by atoms with E-state index in [2.05, 4.69) is 25.9 Å². The number of urea groups is 1. The molecule has 0 radical (unpaired) electrons. The van der Waals surface area contributed by atoms with E-state index < -0.39 is 53.1 Å². The third kappa shape index (κ3) is 12.3. The van der Waals surface area contributed by atoms with Gasteiger partial charge >= 0.3 is 12.1 Å². The maximum atomic E-state index is 14.5. The first-order chi connectivity index (χ1) is 27.9. The van der Waals surface area contributed by atoms with Crippen molar-refractivity contribution in [2.24, 2.45) is 10.8 Å². The predicted octanol–water partition coefficient (Wildman–Crippen LogP) is 6.14. The van der Waals surface area contributed by atoms with Gasteiger partial charge in [0, 0.05) is 36.3 Å². The minimum absolute atomic E-state index is 0.0718. The number of thiazole rings is 1. The number of methoxy groups -OCH3 is 1. The summed E-state index contributed by atoms with van der Waals surface area (Å²) < 4.78 is 4.83. The van der Waals surface area contributed by atoms with Crippen molar-refractivity contribution in [2.75, 3.05) is 20.2 Å². The molecule has 2 aromatic carbocycles. The van der Waals surface area contributed by atoms with Gasteiger partial charge in [0.2, 0.25) is 11.8 Å². The molecule has 5 amide bonds. The quantitative estimate of drug-likeness (QED) is 0.105. The van der Waals surface area contributed by atoms with Crippen molar-refractivity contribution in [3.8, 4) is 11.3 Å². The average molecular weight is 826 g/mol. The average Bonchev–Trinajstić information content (AvgIpc) is 3.76. The van der Waals surface area contributed by atoms with Crippen LogP contribution in [0.3, 0.4) is 0 Å². The number of amides is 5. The normalized spacial score (nSPS) is 15.8. The van der Waals surface area contributed by atoms with E-state index in [1.807, 2.05) is 127 Å². The fourth-order valence-corrected chi connectivity index (χ4v) is 8.10. The second-order valence-electron chi connectivity index (χ2n) is 17.4. The largest absolute Gasteiger partial charge is 0.453 e. The molecule has 14 heteroatoms.